The van der Waals surface area contributed by atoms with Crippen LogP contribution in [0.5, 0.6) is 0 Å². The number of aromatic nitrogens is 1. The number of halogens is 1. The molecular formula is C14H16FN3. The molecule has 3 rings (SSSR count). The second-order valence-electron chi connectivity index (χ2n) is 4.74. The van der Waals surface area contributed by atoms with Crippen molar-refractivity contribution >= 4 is 16.6 Å². The van der Waals surface area contributed by atoms with Gasteiger partial charge in [-0.15, -0.1) is 0 Å². The molecule has 0 saturated carbocycles. The second kappa shape index (κ2) is 4.90. The smallest absolute Gasteiger partial charge is 0.136 e. The third-order valence-electron chi connectivity index (χ3n) is 3.46. The highest BCUT2D eigenvalue weighted by atomic mass is 19.1. The molecule has 0 bridgehead atoms. The zero-order chi connectivity index (χ0) is 12.4. The summed E-state index contributed by atoms with van der Waals surface area (Å²) in [7, 11) is 0. The molecule has 18 heavy (non-hydrogen) atoms. The first-order chi connectivity index (χ1) is 8.84. The number of fused-ring (bicyclic) bond motifs is 1. The molecule has 3 nitrogen and oxygen atoms in total. The van der Waals surface area contributed by atoms with Crippen LogP contribution in [0.1, 0.15) is 6.42 Å². The number of hydrogen-bond donors (Lipinski definition) is 2. The minimum Gasteiger partial charge on any atom is -0.369 e. The maximum atomic E-state index is 13.9. The van der Waals surface area contributed by atoms with Crippen LogP contribution in [-0.2, 0) is 0 Å². The molecule has 1 aromatic heterocycles. The first-order valence-corrected chi connectivity index (χ1v) is 6.32. The number of anilines is 1. The molecule has 0 radical (unpaired) electrons. The van der Waals surface area contributed by atoms with Crippen molar-refractivity contribution in [3.63, 3.8) is 0 Å². The van der Waals surface area contributed by atoms with Gasteiger partial charge in [0.2, 0.25) is 0 Å². The van der Waals surface area contributed by atoms with E-state index in [0.717, 1.165) is 25.0 Å². The van der Waals surface area contributed by atoms with Gasteiger partial charge in [0.15, 0.2) is 0 Å². The molecule has 1 saturated heterocycles. The summed E-state index contributed by atoms with van der Waals surface area (Å²) in [5, 5.41) is 8.08. The largest absolute Gasteiger partial charge is 0.369 e. The van der Waals surface area contributed by atoms with Crippen LogP contribution in [0.4, 0.5) is 10.2 Å². The van der Waals surface area contributed by atoms with E-state index in [1.54, 1.807) is 12.3 Å². The Hall–Kier alpha value is -1.68. The zero-order valence-corrected chi connectivity index (χ0v) is 10.1. The van der Waals surface area contributed by atoms with Gasteiger partial charge >= 0.3 is 0 Å². The number of hydrogen-bond acceptors (Lipinski definition) is 3. The van der Waals surface area contributed by atoms with Gasteiger partial charge in [-0.1, -0.05) is 12.1 Å². The number of pyridine rings is 1. The third-order valence-corrected chi connectivity index (χ3v) is 3.46. The average molecular weight is 245 g/mol. The molecule has 2 aromatic rings. The van der Waals surface area contributed by atoms with Gasteiger partial charge in [0.25, 0.3) is 0 Å². The van der Waals surface area contributed by atoms with Crippen LogP contribution >= 0.6 is 0 Å². The Morgan fingerprint density at radius 2 is 2.33 bits per heavy atom. The van der Waals surface area contributed by atoms with Crippen LogP contribution < -0.4 is 10.6 Å². The summed E-state index contributed by atoms with van der Waals surface area (Å²) in [6.45, 7) is 2.94. The van der Waals surface area contributed by atoms with Crippen LogP contribution in [0.2, 0.25) is 0 Å². The molecule has 1 aliphatic rings. The number of benzene rings is 1. The molecular weight excluding hydrogens is 229 g/mol. The van der Waals surface area contributed by atoms with E-state index in [-0.39, 0.29) is 5.82 Å². The first-order valence-electron chi connectivity index (χ1n) is 6.32. The summed E-state index contributed by atoms with van der Waals surface area (Å²) in [5.74, 6) is 1.04. The molecule has 0 spiro atoms. The van der Waals surface area contributed by atoms with Gasteiger partial charge in [-0.05, 0) is 42.9 Å². The summed E-state index contributed by atoms with van der Waals surface area (Å²) in [6, 6.07) is 6.94. The van der Waals surface area contributed by atoms with Crippen LogP contribution in [-0.4, -0.2) is 24.6 Å². The number of nitrogens with one attached hydrogen (secondary N) is 2. The Balaban J connectivity index is 1.86. The molecule has 0 aliphatic carbocycles. The topological polar surface area (TPSA) is 37.0 Å². The van der Waals surface area contributed by atoms with Crippen molar-refractivity contribution < 1.29 is 4.39 Å². The van der Waals surface area contributed by atoms with Crippen molar-refractivity contribution in [3.8, 4) is 0 Å². The number of rotatable bonds is 3. The van der Waals surface area contributed by atoms with E-state index in [2.05, 4.69) is 15.6 Å². The monoisotopic (exact) mass is 245 g/mol. The highest BCUT2D eigenvalue weighted by Crippen LogP contribution is 2.24. The molecule has 1 aromatic carbocycles. The summed E-state index contributed by atoms with van der Waals surface area (Å²) in [5.41, 5.74) is 0. The summed E-state index contributed by atoms with van der Waals surface area (Å²) >= 11 is 0. The second-order valence-corrected chi connectivity index (χ2v) is 4.74. The summed E-state index contributed by atoms with van der Waals surface area (Å²) < 4.78 is 13.9. The Morgan fingerprint density at radius 3 is 3.17 bits per heavy atom. The lowest BCUT2D eigenvalue weighted by Gasteiger charge is -2.12. The van der Waals surface area contributed by atoms with Gasteiger partial charge in [0, 0.05) is 12.7 Å². The molecule has 0 amide bonds. The fourth-order valence-corrected chi connectivity index (χ4v) is 2.45. The van der Waals surface area contributed by atoms with E-state index < -0.39 is 0 Å². The predicted molar refractivity (Wildman–Crippen MR) is 71.2 cm³/mol. The molecule has 2 heterocycles. The fraction of sp³-hybridized carbons (Fsp3) is 0.357. The molecule has 1 aliphatic heterocycles. The van der Waals surface area contributed by atoms with Crippen LogP contribution in [0.25, 0.3) is 10.8 Å². The lowest BCUT2D eigenvalue weighted by Crippen LogP contribution is -2.17. The average Bonchev–Trinajstić information content (AvgIpc) is 2.89. The van der Waals surface area contributed by atoms with Gasteiger partial charge in [-0.25, -0.2) is 9.37 Å². The first kappa shape index (κ1) is 11.4. The summed E-state index contributed by atoms with van der Waals surface area (Å²) in [6.07, 6.45) is 2.89. The lowest BCUT2D eigenvalue weighted by atomic mass is 10.1. The van der Waals surface area contributed by atoms with Crippen LogP contribution in [0.3, 0.4) is 0 Å². The minimum absolute atomic E-state index is 0.215. The van der Waals surface area contributed by atoms with Gasteiger partial charge < -0.3 is 10.6 Å². The molecule has 1 atom stereocenters. The molecule has 4 heteroatoms. The normalized spacial score (nSPS) is 19.3. The van der Waals surface area contributed by atoms with Crippen molar-refractivity contribution in [2.75, 3.05) is 25.0 Å². The standard InChI is InChI=1S/C14H16FN3/c15-12-3-1-2-11-5-7-17-14(13(11)12)18-9-10-4-6-16-8-10/h1-3,5,7,10,16H,4,6,8-9H2,(H,17,18). The Bertz CT molecular complexity index is 544. The summed E-state index contributed by atoms with van der Waals surface area (Å²) in [4.78, 5) is 4.26. The van der Waals surface area contributed by atoms with Gasteiger partial charge in [0.1, 0.15) is 11.6 Å². The predicted octanol–water partition coefficient (Wildman–Crippen LogP) is 2.40. The third kappa shape index (κ3) is 2.16. The van der Waals surface area contributed by atoms with E-state index in [9.17, 15) is 4.39 Å². The minimum atomic E-state index is -0.215. The van der Waals surface area contributed by atoms with Crippen molar-refractivity contribution in [1.82, 2.24) is 10.3 Å². The fourth-order valence-electron chi connectivity index (χ4n) is 2.45. The maximum Gasteiger partial charge on any atom is 0.136 e. The highest BCUT2D eigenvalue weighted by molar-refractivity contribution is 5.92. The number of nitrogens with zero attached hydrogens (tertiary/aromatic N) is 1. The lowest BCUT2D eigenvalue weighted by molar-refractivity contribution is 0.613. The van der Waals surface area contributed by atoms with Gasteiger partial charge in [-0.2, -0.15) is 0 Å². The Kier molecular flexibility index (Phi) is 3.11. The van der Waals surface area contributed by atoms with E-state index in [4.69, 9.17) is 0 Å². The molecule has 94 valence electrons. The Morgan fingerprint density at radius 1 is 1.39 bits per heavy atom. The van der Waals surface area contributed by atoms with Gasteiger partial charge in [-0.3, -0.25) is 0 Å². The van der Waals surface area contributed by atoms with Gasteiger partial charge in [0.05, 0.1) is 5.39 Å². The molecule has 1 unspecified atom stereocenters. The van der Waals surface area contributed by atoms with Crippen LogP contribution in [0.15, 0.2) is 30.5 Å². The highest BCUT2D eigenvalue weighted by Gasteiger charge is 2.15. The molecule has 2 N–H and O–H groups in total. The van der Waals surface area contributed by atoms with E-state index >= 15 is 0 Å². The Labute approximate surface area is 105 Å². The van der Waals surface area contributed by atoms with E-state index in [1.165, 1.54) is 12.5 Å². The van der Waals surface area contributed by atoms with E-state index in [0.29, 0.717) is 17.1 Å². The van der Waals surface area contributed by atoms with Crippen molar-refractivity contribution in [3.05, 3.63) is 36.3 Å². The maximum absolute atomic E-state index is 13.9. The van der Waals surface area contributed by atoms with Crippen LogP contribution in [0, 0.1) is 11.7 Å². The molecule has 1 fully saturated rings. The van der Waals surface area contributed by atoms with Crippen molar-refractivity contribution in [2.24, 2.45) is 5.92 Å². The van der Waals surface area contributed by atoms with Crippen molar-refractivity contribution in [2.45, 2.75) is 6.42 Å². The SMILES string of the molecule is Fc1cccc2ccnc(NCC3CCNC3)c12. The quantitative estimate of drug-likeness (QED) is 0.872. The van der Waals surface area contributed by atoms with Crippen molar-refractivity contribution in [1.29, 1.82) is 0 Å². The zero-order valence-electron chi connectivity index (χ0n) is 10.1. The van der Waals surface area contributed by atoms with E-state index in [1.807, 2.05) is 12.1 Å².